The maximum absolute atomic E-state index is 11.9. The van der Waals surface area contributed by atoms with Gasteiger partial charge in [0.05, 0.1) is 12.1 Å². The van der Waals surface area contributed by atoms with Crippen LogP contribution in [-0.4, -0.2) is 17.1 Å². The third kappa shape index (κ3) is 2.69. The highest BCUT2D eigenvalue weighted by atomic mass is 16.5. The van der Waals surface area contributed by atoms with E-state index in [0.29, 0.717) is 18.7 Å². The van der Waals surface area contributed by atoms with Crippen molar-refractivity contribution in [3.05, 3.63) is 77.9 Å². The molecular formula is C22H20N2O2. The molecule has 4 nitrogen and oxygen atoms in total. The van der Waals surface area contributed by atoms with Gasteiger partial charge < -0.3 is 15.0 Å². The normalized spacial score (nSPS) is 11.1. The molecule has 1 amide bonds. The van der Waals surface area contributed by atoms with Crippen LogP contribution in [0.15, 0.2) is 66.7 Å². The Morgan fingerprint density at radius 3 is 2.42 bits per heavy atom. The molecule has 0 aliphatic carbocycles. The molecule has 0 unspecified atom stereocenters. The van der Waals surface area contributed by atoms with Crippen LogP contribution < -0.4 is 10.5 Å². The average Bonchev–Trinajstić information content (AvgIpc) is 2.98. The first kappa shape index (κ1) is 16.2. The van der Waals surface area contributed by atoms with Gasteiger partial charge in [-0.3, -0.25) is 4.79 Å². The minimum absolute atomic E-state index is 0.403. The second-order valence-electron chi connectivity index (χ2n) is 6.24. The van der Waals surface area contributed by atoms with Crippen LogP contribution in [0.4, 0.5) is 0 Å². The van der Waals surface area contributed by atoms with Gasteiger partial charge in [0.2, 0.25) is 5.91 Å². The zero-order chi connectivity index (χ0) is 18.1. The van der Waals surface area contributed by atoms with Gasteiger partial charge in [0.1, 0.15) is 5.75 Å². The summed E-state index contributed by atoms with van der Waals surface area (Å²) < 4.78 is 7.75. The SMILES string of the molecule is CCOc1ccc(Cn2c3ccccc3c3c(C(N)=O)cccc32)cc1. The van der Waals surface area contributed by atoms with Gasteiger partial charge in [-0.25, -0.2) is 0 Å². The molecule has 0 bridgehead atoms. The molecule has 0 fully saturated rings. The van der Waals surface area contributed by atoms with Gasteiger partial charge in [0.25, 0.3) is 0 Å². The van der Waals surface area contributed by atoms with Gasteiger partial charge in [-0.05, 0) is 42.8 Å². The number of aromatic nitrogens is 1. The first-order chi connectivity index (χ1) is 12.7. The quantitative estimate of drug-likeness (QED) is 0.585. The number of benzene rings is 3. The number of hydrogen-bond acceptors (Lipinski definition) is 2. The molecule has 26 heavy (non-hydrogen) atoms. The molecule has 4 aromatic rings. The zero-order valence-electron chi connectivity index (χ0n) is 14.6. The third-order valence-corrected chi connectivity index (χ3v) is 4.64. The lowest BCUT2D eigenvalue weighted by atomic mass is 10.1. The smallest absolute Gasteiger partial charge is 0.249 e. The van der Waals surface area contributed by atoms with Crippen molar-refractivity contribution in [2.45, 2.75) is 13.5 Å². The van der Waals surface area contributed by atoms with Crippen LogP contribution in [0, 0.1) is 0 Å². The summed E-state index contributed by atoms with van der Waals surface area (Å²) in [4.78, 5) is 11.9. The number of hydrogen-bond donors (Lipinski definition) is 1. The van der Waals surface area contributed by atoms with E-state index in [0.717, 1.165) is 27.6 Å². The summed E-state index contributed by atoms with van der Waals surface area (Å²) in [5.74, 6) is 0.467. The van der Waals surface area contributed by atoms with E-state index < -0.39 is 5.91 Å². The van der Waals surface area contributed by atoms with Crippen molar-refractivity contribution in [2.75, 3.05) is 6.61 Å². The standard InChI is InChI=1S/C22H20N2O2/c1-2-26-16-12-10-15(11-13-16)14-24-19-8-4-3-6-17(19)21-18(22(23)25)7-5-9-20(21)24/h3-13H,2,14H2,1H3,(H2,23,25). The van der Waals surface area contributed by atoms with E-state index in [9.17, 15) is 4.79 Å². The molecule has 4 heteroatoms. The number of carbonyl (C=O) groups excluding carboxylic acids is 1. The Bertz CT molecular complexity index is 1090. The van der Waals surface area contributed by atoms with Crippen molar-refractivity contribution in [2.24, 2.45) is 5.73 Å². The number of nitrogens with two attached hydrogens (primary N) is 1. The number of amides is 1. The molecule has 0 aliphatic heterocycles. The van der Waals surface area contributed by atoms with Crippen LogP contribution in [0.25, 0.3) is 21.8 Å². The number of rotatable bonds is 5. The number of fused-ring (bicyclic) bond motifs is 3. The molecule has 0 radical (unpaired) electrons. The number of ether oxygens (including phenoxy) is 1. The van der Waals surface area contributed by atoms with Gasteiger partial charge in [-0.2, -0.15) is 0 Å². The van der Waals surface area contributed by atoms with Crippen molar-refractivity contribution in [3.8, 4) is 5.75 Å². The van der Waals surface area contributed by atoms with Gasteiger partial charge in [-0.1, -0.05) is 36.4 Å². The highest BCUT2D eigenvalue weighted by Gasteiger charge is 2.16. The molecule has 130 valence electrons. The predicted molar refractivity (Wildman–Crippen MR) is 105 cm³/mol. The van der Waals surface area contributed by atoms with E-state index in [1.165, 1.54) is 5.56 Å². The van der Waals surface area contributed by atoms with Crippen molar-refractivity contribution in [1.29, 1.82) is 0 Å². The molecule has 0 saturated carbocycles. The maximum atomic E-state index is 11.9. The molecule has 0 atom stereocenters. The molecule has 0 aliphatic rings. The fourth-order valence-electron chi connectivity index (χ4n) is 3.51. The lowest BCUT2D eigenvalue weighted by Gasteiger charge is -2.09. The summed E-state index contributed by atoms with van der Waals surface area (Å²) in [5, 5.41) is 1.96. The fourth-order valence-corrected chi connectivity index (χ4v) is 3.51. The Labute approximate surface area is 151 Å². The maximum Gasteiger partial charge on any atom is 0.249 e. The molecule has 0 saturated heterocycles. The summed E-state index contributed by atoms with van der Waals surface area (Å²) >= 11 is 0. The average molecular weight is 344 g/mol. The van der Waals surface area contributed by atoms with E-state index in [1.54, 1.807) is 6.07 Å². The highest BCUT2D eigenvalue weighted by Crippen LogP contribution is 2.32. The summed E-state index contributed by atoms with van der Waals surface area (Å²) in [5.41, 5.74) is 9.44. The van der Waals surface area contributed by atoms with Crippen molar-refractivity contribution in [3.63, 3.8) is 0 Å². The summed E-state index contributed by atoms with van der Waals surface area (Å²) in [6.07, 6.45) is 0. The Kier molecular flexibility index (Phi) is 4.09. The molecule has 1 aromatic heterocycles. The lowest BCUT2D eigenvalue weighted by Crippen LogP contribution is -2.11. The third-order valence-electron chi connectivity index (χ3n) is 4.64. The second kappa shape index (κ2) is 6.56. The van der Waals surface area contributed by atoms with Crippen LogP contribution in [0.5, 0.6) is 5.75 Å². The molecule has 3 aromatic carbocycles. The summed E-state index contributed by atoms with van der Waals surface area (Å²) in [6.45, 7) is 3.34. The molecule has 2 N–H and O–H groups in total. The fraction of sp³-hybridized carbons (Fsp3) is 0.136. The van der Waals surface area contributed by atoms with Crippen LogP contribution in [0.3, 0.4) is 0 Å². The van der Waals surface area contributed by atoms with Crippen LogP contribution in [0.2, 0.25) is 0 Å². The van der Waals surface area contributed by atoms with E-state index in [1.807, 2.05) is 49.4 Å². The zero-order valence-corrected chi connectivity index (χ0v) is 14.6. The minimum atomic E-state index is -0.403. The summed E-state index contributed by atoms with van der Waals surface area (Å²) in [7, 11) is 0. The van der Waals surface area contributed by atoms with Crippen LogP contribution in [-0.2, 0) is 6.54 Å². The lowest BCUT2D eigenvalue weighted by molar-refractivity contribution is 0.100. The van der Waals surface area contributed by atoms with Crippen LogP contribution in [0.1, 0.15) is 22.8 Å². The van der Waals surface area contributed by atoms with E-state index >= 15 is 0 Å². The topological polar surface area (TPSA) is 57.2 Å². The molecular weight excluding hydrogens is 324 g/mol. The first-order valence-electron chi connectivity index (χ1n) is 8.70. The van der Waals surface area contributed by atoms with Crippen molar-refractivity contribution >= 4 is 27.7 Å². The number of nitrogens with zero attached hydrogens (tertiary/aromatic N) is 1. The highest BCUT2D eigenvalue weighted by molar-refractivity contribution is 6.17. The minimum Gasteiger partial charge on any atom is -0.494 e. The summed E-state index contributed by atoms with van der Waals surface area (Å²) in [6, 6.07) is 22.0. The monoisotopic (exact) mass is 344 g/mol. The molecule has 1 heterocycles. The Balaban J connectivity index is 1.88. The predicted octanol–water partition coefficient (Wildman–Crippen LogP) is 4.34. The van der Waals surface area contributed by atoms with Gasteiger partial charge >= 0.3 is 0 Å². The van der Waals surface area contributed by atoms with E-state index in [2.05, 4.69) is 22.8 Å². The van der Waals surface area contributed by atoms with Gasteiger partial charge in [0.15, 0.2) is 0 Å². The number of primary amides is 1. The van der Waals surface area contributed by atoms with Crippen molar-refractivity contribution < 1.29 is 9.53 Å². The largest absolute Gasteiger partial charge is 0.494 e. The molecule has 0 spiro atoms. The van der Waals surface area contributed by atoms with Crippen LogP contribution >= 0.6 is 0 Å². The van der Waals surface area contributed by atoms with Crippen molar-refractivity contribution in [1.82, 2.24) is 4.57 Å². The van der Waals surface area contributed by atoms with Gasteiger partial charge in [-0.15, -0.1) is 0 Å². The molecule has 4 rings (SSSR count). The Morgan fingerprint density at radius 1 is 0.962 bits per heavy atom. The number of para-hydroxylation sites is 1. The second-order valence-corrected chi connectivity index (χ2v) is 6.24. The number of carbonyl (C=O) groups is 1. The van der Waals surface area contributed by atoms with Gasteiger partial charge in [0, 0.05) is 28.4 Å². The Hall–Kier alpha value is -3.27. The van der Waals surface area contributed by atoms with E-state index in [4.69, 9.17) is 10.5 Å². The van der Waals surface area contributed by atoms with E-state index in [-0.39, 0.29) is 0 Å². The first-order valence-corrected chi connectivity index (χ1v) is 8.70. The Morgan fingerprint density at radius 2 is 1.69 bits per heavy atom.